The van der Waals surface area contributed by atoms with Crippen LogP contribution in [0.2, 0.25) is 0 Å². The maximum atomic E-state index is 12.0. The Morgan fingerprint density at radius 2 is 1.62 bits per heavy atom. The predicted octanol–water partition coefficient (Wildman–Crippen LogP) is 3.30. The van der Waals surface area contributed by atoms with Gasteiger partial charge in [-0.2, -0.15) is 0 Å². The maximum absolute atomic E-state index is 12.0. The van der Waals surface area contributed by atoms with E-state index in [-0.39, 0.29) is 18.4 Å². The van der Waals surface area contributed by atoms with E-state index in [9.17, 15) is 9.59 Å². The van der Waals surface area contributed by atoms with Crippen molar-refractivity contribution < 1.29 is 14.3 Å². The number of anilines is 2. The molecule has 2 aromatic carbocycles. The van der Waals surface area contributed by atoms with Crippen LogP contribution >= 0.6 is 0 Å². The lowest BCUT2D eigenvalue weighted by atomic mass is 10.1. The first-order valence-electron chi connectivity index (χ1n) is 7.71. The van der Waals surface area contributed by atoms with E-state index in [2.05, 4.69) is 5.32 Å². The van der Waals surface area contributed by atoms with Gasteiger partial charge in [0.2, 0.25) is 5.91 Å². The van der Waals surface area contributed by atoms with E-state index < -0.39 is 0 Å². The average molecular weight is 326 g/mol. The summed E-state index contributed by atoms with van der Waals surface area (Å²) in [5, 5.41) is 2.78. The number of nitrogens with one attached hydrogen (secondary N) is 1. The Morgan fingerprint density at radius 3 is 2.17 bits per heavy atom. The molecular weight excluding hydrogens is 304 g/mol. The van der Waals surface area contributed by atoms with Gasteiger partial charge in [-0.15, -0.1) is 0 Å². The van der Waals surface area contributed by atoms with Crippen molar-refractivity contribution in [2.45, 2.75) is 20.8 Å². The van der Waals surface area contributed by atoms with Crippen LogP contribution in [0, 0.1) is 13.8 Å². The zero-order valence-electron chi connectivity index (χ0n) is 14.4. The van der Waals surface area contributed by atoms with Crippen LogP contribution in [0.15, 0.2) is 42.5 Å². The van der Waals surface area contributed by atoms with E-state index in [4.69, 9.17) is 4.74 Å². The van der Waals surface area contributed by atoms with Crippen LogP contribution in [0.4, 0.5) is 11.4 Å². The number of carbonyl (C=O) groups is 2. The summed E-state index contributed by atoms with van der Waals surface area (Å²) >= 11 is 0. The molecule has 5 nitrogen and oxygen atoms in total. The molecule has 0 heterocycles. The van der Waals surface area contributed by atoms with Gasteiger partial charge in [0.05, 0.1) is 0 Å². The molecule has 0 aromatic heterocycles. The van der Waals surface area contributed by atoms with Crippen LogP contribution in [-0.4, -0.2) is 25.5 Å². The molecule has 2 aromatic rings. The molecule has 0 aliphatic carbocycles. The summed E-state index contributed by atoms with van der Waals surface area (Å²) in [6, 6.07) is 12.9. The quantitative estimate of drug-likeness (QED) is 0.917. The lowest BCUT2D eigenvalue weighted by Crippen LogP contribution is -2.23. The van der Waals surface area contributed by atoms with Gasteiger partial charge in [-0.1, -0.05) is 18.2 Å². The molecule has 0 bridgehead atoms. The van der Waals surface area contributed by atoms with Gasteiger partial charge >= 0.3 is 0 Å². The third-order valence-corrected chi connectivity index (χ3v) is 3.77. The summed E-state index contributed by atoms with van der Waals surface area (Å²) in [5.41, 5.74) is 3.43. The fourth-order valence-corrected chi connectivity index (χ4v) is 2.31. The Morgan fingerprint density at radius 1 is 1.04 bits per heavy atom. The third kappa shape index (κ3) is 4.35. The first kappa shape index (κ1) is 17.5. The molecule has 2 amide bonds. The van der Waals surface area contributed by atoms with Gasteiger partial charge in [-0.25, -0.2) is 0 Å². The van der Waals surface area contributed by atoms with Crippen molar-refractivity contribution in [3.63, 3.8) is 0 Å². The van der Waals surface area contributed by atoms with Crippen molar-refractivity contribution in [1.29, 1.82) is 0 Å². The second-order valence-electron chi connectivity index (χ2n) is 5.68. The van der Waals surface area contributed by atoms with Crippen molar-refractivity contribution in [2.24, 2.45) is 0 Å². The minimum absolute atomic E-state index is 0.0474. The summed E-state index contributed by atoms with van der Waals surface area (Å²) in [5.74, 6) is 0.463. The van der Waals surface area contributed by atoms with Gasteiger partial charge in [-0.05, 0) is 49.2 Å². The fourth-order valence-electron chi connectivity index (χ4n) is 2.31. The van der Waals surface area contributed by atoms with E-state index in [0.29, 0.717) is 5.69 Å². The Kier molecular flexibility index (Phi) is 5.58. The largest absolute Gasteiger partial charge is 0.483 e. The highest BCUT2D eigenvalue weighted by Gasteiger charge is 2.09. The highest BCUT2D eigenvalue weighted by Crippen LogP contribution is 2.22. The molecule has 5 heteroatoms. The summed E-state index contributed by atoms with van der Waals surface area (Å²) in [7, 11) is 1.70. The average Bonchev–Trinajstić information content (AvgIpc) is 2.54. The van der Waals surface area contributed by atoms with E-state index in [0.717, 1.165) is 22.6 Å². The second kappa shape index (κ2) is 7.64. The molecule has 0 spiro atoms. The molecule has 0 radical (unpaired) electrons. The predicted molar refractivity (Wildman–Crippen MR) is 95.6 cm³/mol. The van der Waals surface area contributed by atoms with E-state index in [1.807, 2.05) is 32.0 Å². The summed E-state index contributed by atoms with van der Waals surface area (Å²) < 4.78 is 5.63. The second-order valence-corrected chi connectivity index (χ2v) is 5.68. The van der Waals surface area contributed by atoms with Gasteiger partial charge < -0.3 is 15.0 Å². The number of ether oxygens (including phenoxy) is 1. The van der Waals surface area contributed by atoms with Crippen molar-refractivity contribution in [3.05, 3.63) is 53.6 Å². The smallest absolute Gasteiger partial charge is 0.262 e. The van der Waals surface area contributed by atoms with Crippen LogP contribution in [0.3, 0.4) is 0 Å². The number of hydrogen-bond acceptors (Lipinski definition) is 3. The zero-order valence-corrected chi connectivity index (χ0v) is 14.4. The van der Waals surface area contributed by atoms with Gasteiger partial charge in [0.25, 0.3) is 5.91 Å². The van der Waals surface area contributed by atoms with Gasteiger partial charge in [0.15, 0.2) is 6.61 Å². The zero-order chi connectivity index (χ0) is 17.7. The number of hydrogen-bond donors (Lipinski definition) is 1. The number of rotatable bonds is 5. The molecule has 24 heavy (non-hydrogen) atoms. The molecule has 0 fully saturated rings. The number of nitrogens with zero attached hydrogens (tertiary/aromatic N) is 1. The Balaban J connectivity index is 1.94. The lowest BCUT2D eigenvalue weighted by molar-refractivity contribution is -0.118. The summed E-state index contributed by atoms with van der Waals surface area (Å²) in [4.78, 5) is 24.9. The highest BCUT2D eigenvalue weighted by atomic mass is 16.5. The maximum Gasteiger partial charge on any atom is 0.262 e. The summed E-state index contributed by atoms with van der Waals surface area (Å²) in [6.45, 7) is 5.34. The first-order chi connectivity index (χ1) is 11.4. The van der Waals surface area contributed by atoms with Crippen molar-refractivity contribution in [2.75, 3.05) is 23.9 Å². The molecule has 126 valence electrons. The Bertz CT molecular complexity index is 719. The number of carbonyl (C=O) groups excluding carboxylic acids is 2. The minimum atomic E-state index is -0.231. The third-order valence-electron chi connectivity index (χ3n) is 3.77. The topological polar surface area (TPSA) is 58.6 Å². The Hall–Kier alpha value is -2.82. The minimum Gasteiger partial charge on any atom is -0.483 e. The van der Waals surface area contributed by atoms with Crippen LogP contribution in [0.1, 0.15) is 18.1 Å². The van der Waals surface area contributed by atoms with E-state index >= 15 is 0 Å². The normalized spacial score (nSPS) is 10.2. The lowest BCUT2D eigenvalue weighted by Gasteiger charge is -2.15. The van der Waals surface area contributed by atoms with Crippen LogP contribution in [0.5, 0.6) is 5.75 Å². The SMILES string of the molecule is CC(=O)N(C)c1ccc(NC(=O)COc2c(C)cccc2C)cc1. The summed E-state index contributed by atoms with van der Waals surface area (Å²) in [6.07, 6.45) is 0. The standard InChI is InChI=1S/C19H22N2O3/c1-13-6-5-7-14(2)19(13)24-12-18(23)20-16-8-10-17(11-9-16)21(4)15(3)22/h5-11H,12H2,1-4H3,(H,20,23). The van der Waals surface area contributed by atoms with E-state index in [1.54, 1.807) is 31.3 Å². The molecule has 0 saturated carbocycles. The number of aryl methyl sites for hydroxylation is 2. The first-order valence-corrected chi connectivity index (χ1v) is 7.71. The van der Waals surface area contributed by atoms with Crippen LogP contribution < -0.4 is 15.0 Å². The van der Waals surface area contributed by atoms with Gasteiger partial charge in [0.1, 0.15) is 5.75 Å². The van der Waals surface area contributed by atoms with Crippen molar-refractivity contribution in [1.82, 2.24) is 0 Å². The van der Waals surface area contributed by atoms with Crippen molar-refractivity contribution in [3.8, 4) is 5.75 Å². The van der Waals surface area contributed by atoms with Crippen molar-refractivity contribution >= 4 is 23.2 Å². The van der Waals surface area contributed by atoms with Crippen LogP contribution in [-0.2, 0) is 9.59 Å². The molecule has 0 unspecified atom stereocenters. The molecule has 0 atom stereocenters. The molecule has 0 aliphatic heterocycles. The monoisotopic (exact) mass is 326 g/mol. The Labute approximate surface area is 142 Å². The van der Waals surface area contributed by atoms with Gasteiger partial charge in [-0.3, -0.25) is 9.59 Å². The molecular formula is C19H22N2O3. The molecule has 2 rings (SSSR count). The highest BCUT2D eigenvalue weighted by molar-refractivity contribution is 5.93. The molecule has 0 aliphatic rings. The number of benzene rings is 2. The fraction of sp³-hybridized carbons (Fsp3) is 0.263. The van der Waals surface area contributed by atoms with Crippen LogP contribution in [0.25, 0.3) is 0 Å². The number of amides is 2. The van der Waals surface area contributed by atoms with Gasteiger partial charge in [0, 0.05) is 25.3 Å². The molecule has 1 N–H and O–H groups in total. The molecule has 0 saturated heterocycles. The number of para-hydroxylation sites is 1. The van der Waals surface area contributed by atoms with E-state index in [1.165, 1.54) is 11.8 Å².